The fourth-order valence-electron chi connectivity index (χ4n) is 2.36. The maximum Gasteiger partial charge on any atom is 0.242 e. The number of nitriles is 1. The van der Waals surface area contributed by atoms with Crippen LogP contribution in [0, 0.1) is 11.3 Å². The zero-order valence-electron chi connectivity index (χ0n) is 11.6. The van der Waals surface area contributed by atoms with Gasteiger partial charge in [-0.05, 0) is 30.5 Å². The Labute approximate surface area is 119 Å². The predicted octanol–water partition coefficient (Wildman–Crippen LogP) is 1.73. The molecule has 0 bridgehead atoms. The Kier molecular flexibility index (Phi) is 5.10. The Morgan fingerprint density at radius 2 is 2.15 bits per heavy atom. The summed E-state index contributed by atoms with van der Waals surface area (Å²) in [5, 5.41) is 11.5. The third kappa shape index (κ3) is 3.80. The molecule has 1 amide bonds. The molecule has 0 spiro atoms. The number of anilines is 1. The minimum atomic E-state index is -0.190. The van der Waals surface area contributed by atoms with Crippen LogP contribution in [0.2, 0.25) is 0 Å². The van der Waals surface area contributed by atoms with Gasteiger partial charge in [-0.1, -0.05) is 25.5 Å². The third-order valence-electron chi connectivity index (χ3n) is 3.44. The fraction of sp³-hybridized carbons (Fsp3) is 0.467. The van der Waals surface area contributed by atoms with Gasteiger partial charge in [-0.2, -0.15) is 5.26 Å². The van der Waals surface area contributed by atoms with Crippen LogP contribution in [0.4, 0.5) is 5.69 Å². The molecule has 2 atom stereocenters. The van der Waals surface area contributed by atoms with E-state index in [0.717, 1.165) is 30.5 Å². The van der Waals surface area contributed by atoms with Crippen molar-refractivity contribution in [3.63, 3.8) is 0 Å². The second-order valence-corrected chi connectivity index (χ2v) is 5.08. The molecule has 1 aliphatic rings. The summed E-state index contributed by atoms with van der Waals surface area (Å²) in [6.07, 6.45) is 3.38. The van der Waals surface area contributed by atoms with Crippen LogP contribution in [0.15, 0.2) is 24.3 Å². The van der Waals surface area contributed by atoms with Crippen LogP contribution in [-0.4, -0.2) is 18.0 Å². The van der Waals surface area contributed by atoms with E-state index in [9.17, 15) is 4.79 Å². The molecule has 2 rings (SSSR count). The summed E-state index contributed by atoms with van der Waals surface area (Å²) in [5.41, 5.74) is 7.91. The maximum absolute atomic E-state index is 12.1. The molecule has 5 nitrogen and oxygen atoms in total. The molecule has 20 heavy (non-hydrogen) atoms. The number of amides is 1. The molecule has 1 saturated heterocycles. The summed E-state index contributed by atoms with van der Waals surface area (Å²) >= 11 is 0. The molecule has 0 aliphatic carbocycles. The minimum Gasteiger partial charge on any atom is -0.325 e. The number of benzene rings is 1. The molecule has 1 aliphatic heterocycles. The van der Waals surface area contributed by atoms with E-state index in [1.165, 1.54) is 0 Å². The number of nitrogens with one attached hydrogen (secondary N) is 3. The van der Waals surface area contributed by atoms with Crippen molar-refractivity contribution in [3.05, 3.63) is 29.8 Å². The number of hydrogen-bond acceptors (Lipinski definition) is 4. The lowest BCUT2D eigenvalue weighted by molar-refractivity contribution is -0.117. The van der Waals surface area contributed by atoms with E-state index in [-0.39, 0.29) is 11.9 Å². The van der Waals surface area contributed by atoms with Crippen LogP contribution < -0.4 is 16.2 Å². The molecule has 0 radical (unpaired) electrons. The quantitative estimate of drug-likeness (QED) is 0.763. The first kappa shape index (κ1) is 14.5. The zero-order valence-corrected chi connectivity index (χ0v) is 11.6. The lowest BCUT2D eigenvalue weighted by Gasteiger charge is -2.10. The first-order valence-corrected chi connectivity index (χ1v) is 7.00. The van der Waals surface area contributed by atoms with Gasteiger partial charge in [-0.15, -0.1) is 0 Å². The van der Waals surface area contributed by atoms with Gasteiger partial charge in [0, 0.05) is 11.7 Å². The van der Waals surface area contributed by atoms with Gasteiger partial charge in [0.2, 0.25) is 5.91 Å². The van der Waals surface area contributed by atoms with E-state index in [1.807, 2.05) is 24.3 Å². The van der Waals surface area contributed by atoms with Crippen molar-refractivity contribution in [3.8, 4) is 6.07 Å². The van der Waals surface area contributed by atoms with Crippen LogP contribution in [0.1, 0.15) is 31.7 Å². The van der Waals surface area contributed by atoms with E-state index in [0.29, 0.717) is 12.5 Å². The molecule has 3 N–H and O–H groups in total. The molecule has 1 heterocycles. The topological polar surface area (TPSA) is 77.0 Å². The molecule has 1 aromatic carbocycles. The number of rotatable bonds is 5. The van der Waals surface area contributed by atoms with E-state index in [1.54, 1.807) is 0 Å². The van der Waals surface area contributed by atoms with Gasteiger partial charge in [0.05, 0.1) is 12.5 Å². The summed E-state index contributed by atoms with van der Waals surface area (Å²) in [7, 11) is 0. The van der Waals surface area contributed by atoms with E-state index < -0.39 is 0 Å². The van der Waals surface area contributed by atoms with E-state index >= 15 is 0 Å². The van der Waals surface area contributed by atoms with Gasteiger partial charge in [0.1, 0.15) is 6.04 Å². The van der Waals surface area contributed by atoms with Gasteiger partial charge >= 0.3 is 0 Å². The van der Waals surface area contributed by atoms with Gasteiger partial charge in [-0.3, -0.25) is 10.2 Å². The second-order valence-electron chi connectivity index (χ2n) is 5.08. The molecular weight excluding hydrogens is 252 g/mol. The predicted molar refractivity (Wildman–Crippen MR) is 77.8 cm³/mol. The average Bonchev–Trinajstić information content (AvgIpc) is 2.90. The highest BCUT2D eigenvalue weighted by Crippen LogP contribution is 2.14. The standard InChI is InChI=1S/C15H20N4O/c1-2-3-13-10-14(19-18-13)15(20)17-12-6-4-11(5-7-12)8-9-16/h4-7,13-14,18-19H,2-3,8,10H2,1H3,(H,17,20). The van der Waals surface area contributed by atoms with Crippen LogP contribution in [0.25, 0.3) is 0 Å². The number of carbonyl (C=O) groups is 1. The van der Waals surface area contributed by atoms with E-state index in [2.05, 4.69) is 29.2 Å². The first-order valence-electron chi connectivity index (χ1n) is 7.00. The first-order chi connectivity index (χ1) is 9.72. The van der Waals surface area contributed by atoms with Crippen molar-refractivity contribution in [2.24, 2.45) is 0 Å². The fourth-order valence-corrected chi connectivity index (χ4v) is 2.36. The largest absolute Gasteiger partial charge is 0.325 e. The van der Waals surface area contributed by atoms with Gasteiger partial charge in [0.25, 0.3) is 0 Å². The molecule has 106 valence electrons. The second kappa shape index (κ2) is 7.04. The summed E-state index contributed by atoms with van der Waals surface area (Å²) in [6, 6.07) is 9.66. The van der Waals surface area contributed by atoms with Crippen molar-refractivity contribution >= 4 is 11.6 Å². The van der Waals surface area contributed by atoms with Crippen molar-refractivity contribution < 1.29 is 4.79 Å². The van der Waals surface area contributed by atoms with Gasteiger partial charge < -0.3 is 5.32 Å². The Hall–Kier alpha value is -1.90. The Balaban J connectivity index is 1.87. The number of hydrogen-bond donors (Lipinski definition) is 3. The number of hydrazine groups is 1. The number of carbonyl (C=O) groups excluding carboxylic acids is 1. The van der Waals surface area contributed by atoms with Crippen LogP contribution in [-0.2, 0) is 11.2 Å². The molecule has 2 unspecified atom stereocenters. The van der Waals surface area contributed by atoms with Crippen LogP contribution >= 0.6 is 0 Å². The van der Waals surface area contributed by atoms with Crippen LogP contribution in [0.3, 0.4) is 0 Å². The highest BCUT2D eigenvalue weighted by atomic mass is 16.2. The maximum atomic E-state index is 12.1. The van der Waals surface area contributed by atoms with Crippen molar-refractivity contribution in [1.82, 2.24) is 10.9 Å². The minimum absolute atomic E-state index is 0.0239. The molecule has 1 aromatic rings. The third-order valence-corrected chi connectivity index (χ3v) is 3.44. The molecule has 1 fully saturated rings. The Bertz CT molecular complexity index is 492. The van der Waals surface area contributed by atoms with Crippen molar-refractivity contribution in [2.45, 2.75) is 44.7 Å². The van der Waals surface area contributed by atoms with E-state index in [4.69, 9.17) is 5.26 Å². The Morgan fingerprint density at radius 3 is 2.80 bits per heavy atom. The van der Waals surface area contributed by atoms with Crippen LogP contribution in [0.5, 0.6) is 0 Å². The molecule has 0 saturated carbocycles. The normalized spacial score (nSPS) is 21.4. The summed E-state index contributed by atoms with van der Waals surface area (Å²) in [5.74, 6) is -0.0239. The SMILES string of the molecule is CCCC1CC(C(=O)Nc2ccc(CC#N)cc2)NN1. The summed E-state index contributed by atoms with van der Waals surface area (Å²) in [6.45, 7) is 2.14. The lowest BCUT2D eigenvalue weighted by atomic mass is 10.1. The Morgan fingerprint density at radius 1 is 1.40 bits per heavy atom. The van der Waals surface area contributed by atoms with Crippen molar-refractivity contribution in [2.75, 3.05) is 5.32 Å². The summed E-state index contributed by atoms with van der Waals surface area (Å²) < 4.78 is 0. The van der Waals surface area contributed by atoms with Crippen molar-refractivity contribution in [1.29, 1.82) is 5.26 Å². The molecule has 5 heteroatoms. The summed E-state index contributed by atoms with van der Waals surface area (Å²) in [4.78, 5) is 12.1. The highest BCUT2D eigenvalue weighted by Gasteiger charge is 2.28. The van der Waals surface area contributed by atoms with Gasteiger partial charge in [0.15, 0.2) is 0 Å². The number of nitrogens with zero attached hydrogens (tertiary/aromatic N) is 1. The smallest absolute Gasteiger partial charge is 0.242 e. The average molecular weight is 272 g/mol. The monoisotopic (exact) mass is 272 g/mol. The zero-order chi connectivity index (χ0) is 14.4. The highest BCUT2D eigenvalue weighted by molar-refractivity contribution is 5.95. The van der Waals surface area contributed by atoms with Gasteiger partial charge in [-0.25, -0.2) is 5.43 Å². The molecular formula is C15H20N4O. The lowest BCUT2D eigenvalue weighted by Crippen LogP contribution is -2.40. The molecule has 0 aromatic heterocycles.